The summed E-state index contributed by atoms with van der Waals surface area (Å²) < 4.78 is 0. The summed E-state index contributed by atoms with van der Waals surface area (Å²) in [4.78, 5) is 62.1. The van der Waals surface area contributed by atoms with Crippen molar-refractivity contribution in [1.29, 1.82) is 0 Å². The number of amides is 4. The molecular formula is C27H27N3O5. The Kier molecular flexibility index (Phi) is 6.91. The van der Waals surface area contributed by atoms with Gasteiger partial charge >= 0.3 is 0 Å². The number of carbonyl (C=O) groups excluding carboxylic acids is 5. The Hall–Kier alpha value is -4.07. The van der Waals surface area contributed by atoms with E-state index in [1.807, 2.05) is 50.2 Å². The number of imide groups is 2. The van der Waals surface area contributed by atoms with Crippen LogP contribution in [0.1, 0.15) is 41.5 Å². The summed E-state index contributed by atoms with van der Waals surface area (Å²) in [5, 5.41) is 5.13. The van der Waals surface area contributed by atoms with Gasteiger partial charge in [-0.05, 0) is 61.1 Å². The number of Topliss-reactive ketones (excluding diaryl/α,β-unsaturated/α-hetero) is 1. The van der Waals surface area contributed by atoms with Crippen LogP contribution in [0, 0.1) is 13.8 Å². The van der Waals surface area contributed by atoms with Crippen molar-refractivity contribution in [3.63, 3.8) is 0 Å². The first kappa shape index (κ1) is 24.1. The molecule has 1 fully saturated rings. The molecule has 8 nitrogen and oxygen atoms in total. The van der Waals surface area contributed by atoms with Gasteiger partial charge in [0, 0.05) is 31.0 Å². The lowest BCUT2D eigenvalue weighted by Crippen LogP contribution is -2.54. The smallest absolute Gasteiger partial charge is 0.278 e. The average molecular weight is 474 g/mol. The highest BCUT2D eigenvalue weighted by molar-refractivity contribution is 6.20. The number of aryl methyl sites for hydroxylation is 3. The van der Waals surface area contributed by atoms with E-state index in [9.17, 15) is 24.0 Å². The van der Waals surface area contributed by atoms with Crippen LogP contribution in [0.2, 0.25) is 0 Å². The largest absolute Gasteiger partial charge is 0.351 e. The number of rotatable bonds is 8. The third kappa shape index (κ3) is 5.54. The van der Waals surface area contributed by atoms with Crippen LogP contribution >= 0.6 is 0 Å². The molecule has 8 heteroatoms. The van der Waals surface area contributed by atoms with Crippen molar-refractivity contribution in [2.75, 3.05) is 5.32 Å². The predicted octanol–water partition coefficient (Wildman–Crippen LogP) is 2.52. The molecule has 180 valence electrons. The maximum absolute atomic E-state index is 12.8. The van der Waals surface area contributed by atoms with Gasteiger partial charge in [0.05, 0.1) is 0 Å². The molecule has 1 unspecified atom stereocenters. The van der Waals surface area contributed by atoms with Crippen LogP contribution in [-0.2, 0) is 36.8 Å². The van der Waals surface area contributed by atoms with Gasteiger partial charge in [-0.1, -0.05) is 30.3 Å². The first-order valence-electron chi connectivity index (χ1n) is 11.6. The molecule has 4 rings (SSSR count). The molecule has 2 heterocycles. The maximum Gasteiger partial charge on any atom is 0.278 e. The van der Waals surface area contributed by atoms with Crippen LogP contribution in [0.5, 0.6) is 0 Å². The summed E-state index contributed by atoms with van der Waals surface area (Å²) in [7, 11) is 0. The summed E-state index contributed by atoms with van der Waals surface area (Å²) in [6.45, 7) is 4.07. The Labute approximate surface area is 203 Å². The van der Waals surface area contributed by atoms with Crippen LogP contribution in [0.3, 0.4) is 0 Å². The Morgan fingerprint density at radius 1 is 1.03 bits per heavy atom. The molecule has 0 spiro atoms. The number of nitrogens with zero attached hydrogens (tertiary/aromatic N) is 1. The number of ketones is 1. The highest BCUT2D eigenvalue weighted by atomic mass is 16.2. The first-order chi connectivity index (χ1) is 16.7. The molecule has 1 atom stereocenters. The minimum absolute atomic E-state index is 0.0580. The molecule has 2 aliphatic rings. The predicted molar refractivity (Wildman–Crippen MR) is 129 cm³/mol. The zero-order valence-corrected chi connectivity index (χ0v) is 19.7. The van der Waals surface area contributed by atoms with Crippen molar-refractivity contribution in [3.8, 4) is 0 Å². The second-order valence-electron chi connectivity index (χ2n) is 9.00. The summed E-state index contributed by atoms with van der Waals surface area (Å²) in [5.74, 6) is -2.13. The van der Waals surface area contributed by atoms with E-state index in [4.69, 9.17) is 0 Å². The van der Waals surface area contributed by atoms with E-state index in [1.54, 1.807) is 6.07 Å². The molecule has 2 aliphatic heterocycles. The number of hydrogen-bond acceptors (Lipinski definition) is 6. The van der Waals surface area contributed by atoms with Gasteiger partial charge < -0.3 is 5.32 Å². The fourth-order valence-corrected chi connectivity index (χ4v) is 4.27. The highest BCUT2D eigenvalue weighted by Gasteiger charge is 2.42. The zero-order chi connectivity index (χ0) is 25.1. The molecule has 2 aromatic rings. The van der Waals surface area contributed by atoms with Gasteiger partial charge in [-0.15, -0.1) is 0 Å². The van der Waals surface area contributed by atoms with Crippen LogP contribution in [0.25, 0.3) is 0 Å². The third-order valence-electron chi connectivity index (χ3n) is 6.35. The molecule has 35 heavy (non-hydrogen) atoms. The highest BCUT2D eigenvalue weighted by Crippen LogP contribution is 2.23. The topological polar surface area (TPSA) is 113 Å². The summed E-state index contributed by atoms with van der Waals surface area (Å²) in [6, 6.07) is 12.4. The van der Waals surface area contributed by atoms with Crippen molar-refractivity contribution in [3.05, 3.63) is 76.5 Å². The normalized spacial score (nSPS) is 17.9. The van der Waals surface area contributed by atoms with E-state index in [2.05, 4.69) is 10.6 Å². The van der Waals surface area contributed by atoms with Crippen LogP contribution in [0.4, 0.5) is 5.69 Å². The third-order valence-corrected chi connectivity index (χ3v) is 6.35. The summed E-state index contributed by atoms with van der Waals surface area (Å²) >= 11 is 0. The molecule has 0 radical (unpaired) electrons. The van der Waals surface area contributed by atoms with Crippen LogP contribution < -0.4 is 10.6 Å². The van der Waals surface area contributed by atoms with E-state index in [0.717, 1.165) is 22.1 Å². The summed E-state index contributed by atoms with van der Waals surface area (Å²) in [6.07, 6.45) is 2.66. The van der Waals surface area contributed by atoms with Gasteiger partial charge in [0.25, 0.3) is 11.8 Å². The maximum atomic E-state index is 12.8. The fourth-order valence-electron chi connectivity index (χ4n) is 4.27. The molecule has 0 bridgehead atoms. The Balaban J connectivity index is 1.35. The van der Waals surface area contributed by atoms with Crippen molar-refractivity contribution in [1.82, 2.24) is 10.2 Å². The lowest BCUT2D eigenvalue weighted by molar-refractivity contribution is -0.149. The van der Waals surface area contributed by atoms with E-state index in [-0.39, 0.29) is 24.3 Å². The number of benzene rings is 2. The molecular weight excluding hydrogens is 446 g/mol. The lowest BCUT2D eigenvalue weighted by atomic mass is 9.99. The van der Waals surface area contributed by atoms with Gasteiger partial charge in [0.2, 0.25) is 11.8 Å². The second kappa shape index (κ2) is 10.0. The minimum atomic E-state index is -1.00. The molecule has 0 aliphatic carbocycles. The van der Waals surface area contributed by atoms with Gasteiger partial charge in [-0.2, -0.15) is 0 Å². The number of carbonyl (C=O) groups is 5. The molecule has 2 N–H and O–H groups in total. The second-order valence-corrected chi connectivity index (χ2v) is 9.00. The average Bonchev–Trinajstić information content (AvgIpc) is 3.08. The molecule has 4 amide bonds. The van der Waals surface area contributed by atoms with Gasteiger partial charge in [0.15, 0.2) is 0 Å². The quantitative estimate of drug-likeness (QED) is 0.570. The van der Waals surface area contributed by atoms with Gasteiger partial charge in [-0.3, -0.25) is 34.2 Å². The number of nitrogens with one attached hydrogen (secondary N) is 2. The Bertz CT molecular complexity index is 1260. The van der Waals surface area contributed by atoms with Crippen molar-refractivity contribution >= 4 is 35.1 Å². The van der Waals surface area contributed by atoms with E-state index >= 15 is 0 Å². The van der Waals surface area contributed by atoms with E-state index in [0.29, 0.717) is 24.9 Å². The Morgan fingerprint density at radius 3 is 2.57 bits per heavy atom. The number of piperidine rings is 1. The molecule has 0 saturated carbocycles. The van der Waals surface area contributed by atoms with Crippen molar-refractivity contribution < 1.29 is 24.0 Å². The van der Waals surface area contributed by atoms with Gasteiger partial charge in [0.1, 0.15) is 17.5 Å². The van der Waals surface area contributed by atoms with Crippen molar-refractivity contribution in [2.24, 2.45) is 0 Å². The molecule has 2 aromatic carbocycles. The number of hydrogen-bond donors (Lipinski definition) is 2. The minimum Gasteiger partial charge on any atom is -0.351 e. The molecule has 0 aromatic heterocycles. The van der Waals surface area contributed by atoms with Gasteiger partial charge in [-0.25, -0.2) is 0 Å². The van der Waals surface area contributed by atoms with Crippen LogP contribution in [-0.4, -0.2) is 40.4 Å². The molecule has 1 saturated heterocycles. The monoisotopic (exact) mass is 473 g/mol. The standard InChI is InChI=1S/C27H27N3O5/c1-16-6-7-19(12-17(16)2)14-21(31)9-8-18-4-3-5-20(13-18)28-22-15-25(33)30(27(22)35)23-10-11-24(32)29-26(23)34/h3-7,12-13,15,23,28H,8-11,14H2,1-2H3,(H,29,32,34). The SMILES string of the molecule is Cc1ccc(CC(=O)CCc2cccc(NC3=CC(=O)N(C4CCC(=O)NC4=O)C3=O)c2)cc1C. The first-order valence-corrected chi connectivity index (χ1v) is 11.6. The Morgan fingerprint density at radius 2 is 1.83 bits per heavy atom. The van der Waals surface area contributed by atoms with Crippen LogP contribution in [0.15, 0.2) is 54.2 Å². The fraction of sp³-hybridized carbons (Fsp3) is 0.296. The van der Waals surface area contributed by atoms with Crippen molar-refractivity contribution in [2.45, 2.75) is 52.0 Å². The summed E-state index contributed by atoms with van der Waals surface area (Å²) in [5.41, 5.74) is 4.94. The number of anilines is 1. The zero-order valence-electron chi connectivity index (χ0n) is 19.7. The van der Waals surface area contributed by atoms with E-state index < -0.39 is 29.7 Å². The van der Waals surface area contributed by atoms with E-state index in [1.165, 1.54) is 11.1 Å². The lowest BCUT2D eigenvalue weighted by Gasteiger charge is -2.28.